The van der Waals surface area contributed by atoms with Gasteiger partial charge in [-0.15, -0.1) is 0 Å². The lowest BCUT2D eigenvalue weighted by molar-refractivity contribution is -0.897. The fourth-order valence-electron chi connectivity index (χ4n) is 4.33. The summed E-state index contributed by atoms with van der Waals surface area (Å²) in [7, 11) is 0. The molecule has 2 unspecified atom stereocenters. The Labute approximate surface area is 156 Å². The third-order valence-corrected chi connectivity index (χ3v) is 5.76. The summed E-state index contributed by atoms with van der Waals surface area (Å²) < 4.78 is 27.4. The van der Waals surface area contributed by atoms with Crippen LogP contribution in [-0.2, 0) is 0 Å². The van der Waals surface area contributed by atoms with E-state index < -0.39 is 28.9 Å². The van der Waals surface area contributed by atoms with Crippen LogP contribution in [0.15, 0.2) is 29.8 Å². The second kappa shape index (κ2) is 6.91. The minimum atomic E-state index is -1.90. The van der Waals surface area contributed by atoms with Crippen LogP contribution in [0.5, 0.6) is 0 Å². The van der Waals surface area contributed by atoms with E-state index in [1.807, 2.05) is 25.1 Å². The molecule has 0 aromatic heterocycles. The fourth-order valence-corrected chi connectivity index (χ4v) is 4.33. The third-order valence-electron chi connectivity index (χ3n) is 5.76. The Bertz CT molecular complexity index is 933. The van der Waals surface area contributed by atoms with Gasteiger partial charge in [0.15, 0.2) is 17.0 Å². The molecule has 1 aromatic carbocycles. The van der Waals surface area contributed by atoms with E-state index in [0.29, 0.717) is 24.2 Å². The van der Waals surface area contributed by atoms with Crippen LogP contribution in [0, 0.1) is 68.3 Å². The second-order valence-corrected chi connectivity index (χ2v) is 6.98. The summed E-state index contributed by atoms with van der Waals surface area (Å²) in [6, 6.07) is 9.28. The van der Waals surface area contributed by atoms with Gasteiger partial charge in [0.25, 0.3) is 0 Å². The van der Waals surface area contributed by atoms with Crippen LogP contribution in [0.3, 0.4) is 0 Å². The van der Waals surface area contributed by atoms with Crippen LogP contribution in [0.2, 0.25) is 0 Å². The first-order chi connectivity index (χ1) is 12.9. The van der Waals surface area contributed by atoms with Crippen molar-refractivity contribution in [1.82, 2.24) is 0 Å². The Hall–Kier alpha value is -3.08. The molecule has 0 saturated heterocycles. The molecule has 0 radical (unpaired) electrons. The van der Waals surface area contributed by atoms with Gasteiger partial charge >= 0.3 is 0 Å². The zero-order valence-electron chi connectivity index (χ0n) is 14.8. The molecule has 5 nitrogen and oxygen atoms in total. The molecule has 136 valence electrons. The summed E-state index contributed by atoms with van der Waals surface area (Å²) >= 11 is 0. The molecule has 0 bridgehead atoms. The van der Waals surface area contributed by atoms with E-state index in [9.17, 15) is 24.6 Å². The number of halogens is 2. The SMILES string of the molecule is CC[NH+]1CC=C2C(C#N)C(=N)C(C#N)(C#N)[C@@H](c3ccc(F)c(F)c3)[C@H]2C1. The maximum atomic E-state index is 13.9. The second-order valence-electron chi connectivity index (χ2n) is 6.98. The van der Waals surface area contributed by atoms with Gasteiger partial charge in [-0.1, -0.05) is 6.07 Å². The smallest absolute Gasteiger partial charge is 0.189 e. The number of benzene rings is 1. The molecule has 1 aliphatic heterocycles. The van der Waals surface area contributed by atoms with Gasteiger partial charge in [-0.05, 0) is 36.3 Å². The predicted molar refractivity (Wildman–Crippen MR) is 92.4 cm³/mol. The molecule has 0 spiro atoms. The summed E-state index contributed by atoms with van der Waals surface area (Å²) in [6.45, 7) is 4.06. The van der Waals surface area contributed by atoms with Crippen LogP contribution in [0.4, 0.5) is 8.78 Å². The standard InChI is InChI=1S/C20H17F2N5/c1-2-27-6-5-13-14(8-23)19(26)20(10-24,11-25)18(15(13)9-27)12-3-4-16(21)17(22)7-12/h3-5,7,14-15,18,26H,2,6,9H2,1H3/p+1/t14?,15-,18-/m0/s1. The Kier molecular flexibility index (Phi) is 4.79. The lowest BCUT2D eigenvalue weighted by Crippen LogP contribution is -3.13. The van der Waals surface area contributed by atoms with Gasteiger partial charge in [-0.3, -0.25) is 0 Å². The average molecular weight is 366 g/mol. The molecule has 2 N–H and O–H groups in total. The predicted octanol–water partition coefficient (Wildman–Crippen LogP) is 1.72. The third kappa shape index (κ3) is 2.70. The molecule has 0 amide bonds. The Morgan fingerprint density at radius 2 is 1.93 bits per heavy atom. The molecular weight excluding hydrogens is 348 g/mol. The molecule has 4 atom stereocenters. The normalized spacial score (nSPS) is 28.9. The van der Waals surface area contributed by atoms with Crippen LogP contribution in [0.1, 0.15) is 18.4 Å². The van der Waals surface area contributed by atoms with Gasteiger partial charge in [-0.2, -0.15) is 15.8 Å². The number of rotatable bonds is 2. The highest BCUT2D eigenvalue weighted by Gasteiger charge is 2.58. The van der Waals surface area contributed by atoms with E-state index in [1.165, 1.54) is 11.0 Å². The first-order valence-corrected chi connectivity index (χ1v) is 8.73. The highest BCUT2D eigenvalue weighted by Crippen LogP contribution is 2.52. The van der Waals surface area contributed by atoms with Crippen LogP contribution in [0.25, 0.3) is 0 Å². The maximum Gasteiger partial charge on any atom is 0.189 e. The molecule has 1 heterocycles. The van der Waals surface area contributed by atoms with E-state index in [-0.39, 0.29) is 11.6 Å². The van der Waals surface area contributed by atoms with E-state index >= 15 is 0 Å². The first-order valence-electron chi connectivity index (χ1n) is 8.73. The molecule has 27 heavy (non-hydrogen) atoms. The molecule has 1 fully saturated rings. The van der Waals surface area contributed by atoms with Crippen LogP contribution < -0.4 is 4.90 Å². The van der Waals surface area contributed by atoms with E-state index in [4.69, 9.17) is 5.41 Å². The van der Waals surface area contributed by atoms with Crippen molar-refractivity contribution in [1.29, 1.82) is 21.2 Å². The monoisotopic (exact) mass is 366 g/mol. The molecular formula is C20H18F2N5+. The van der Waals surface area contributed by atoms with Crippen molar-refractivity contribution < 1.29 is 13.7 Å². The van der Waals surface area contributed by atoms with Crippen molar-refractivity contribution in [2.24, 2.45) is 17.3 Å². The summed E-state index contributed by atoms with van der Waals surface area (Å²) in [5.74, 6) is -4.25. The lowest BCUT2D eigenvalue weighted by atomic mass is 9.54. The average Bonchev–Trinajstić information content (AvgIpc) is 2.69. The van der Waals surface area contributed by atoms with Crippen molar-refractivity contribution in [2.75, 3.05) is 19.6 Å². The molecule has 1 aromatic rings. The maximum absolute atomic E-state index is 13.9. The number of nitriles is 3. The van der Waals surface area contributed by atoms with Crippen molar-refractivity contribution >= 4 is 5.71 Å². The zero-order valence-corrected chi connectivity index (χ0v) is 14.8. The van der Waals surface area contributed by atoms with E-state index in [0.717, 1.165) is 18.7 Å². The van der Waals surface area contributed by atoms with Gasteiger partial charge in [0, 0.05) is 11.8 Å². The number of hydrogen-bond donors (Lipinski definition) is 2. The van der Waals surface area contributed by atoms with Gasteiger partial charge in [0.1, 0.15) is 5.92 Å². The number of nitrogens with zero attached hydrogens (tertiary/aromatic N) is 3. The van der Waals surface area contributed by atoms with Crippen molar-refractivity contribution in [3.63, 3.8) is 0 Å². The largest absolute Gasteiger partial charge is 0.331 e. The van der Waals surface area contributed by atoms with Gasteiger partial charge in [0.05, 0.1) is 43.6 Å². The first kappa shape index (κ1) is 18.7. The molecule has 3 rings (SSSR count). The number of fused-ring (bicyclic) bond motifs is 1. The van der Waals surface area contributed by atoms with Crippen molar-refractivity contribution in [2.45, 2.75) is 12.8 Å². The number of nitrogens with one attached hydrogen (secondary N) is 2. The van der Waals surface area contributed by atoms with Gasteiger partial charge in [0.2, 0.25) is 0 Å². The van der Waals surface area contributed by atoms with E-state index in [1.54, 1.807) is 0 Å². The zero-order chi connectivity index (χ0) is 19.8. The molecule has 1 aliphatic carbocycles. The van der Waals surface area contributed by atoms with Crippen LogP contribution in [-0.4, -0.2) is 25.3 Å². The summed E-state index contributed by atoms with van der Waals surface area (Å²) in [5.41, 5.74) is -1.18. The number of hydrogen-bond acceptors (Lipinski definition) is 4. The fraction of sp³-hybridized carbons (Fsp3) is 0.400. The van der Waals surface area contributed by atoms with E-state index in [2.05, 4.69) is 6.07 Å². The van der Waals surface area contributed by atoms with Gasteiger partial charge < -0.3 is 10.3 Å². The highest BCUT2D eigenvalue weighted by atomic mass is 19.2. The van der Waals surface area contributed by atoms with Crippen molar-refractivity contribution in [3.05, 3.63) is 47.0 Å². The Balaban J connectivity index is 2.26. The topological polar surface area (TPSA) is 99.7 Å². The Morgan fingerprint density at radius 1 is 1.22 bits per heavy atom. The number of likely N-dealkylation sites (N-methyl/N-ethyl adjacent to an activating group) is 1. The molecule has 2 aliphatic rings. The quantitative estimate of drug-likeness (QED) is 0.780. The summed E-state index contributed by atoms with van der Waals surface area (Å²) in [5, 5.41) is 37.8. The number of quaternary nitrogens is 1. The minimum absolute atomic E-state index is 0.285. The molecule has 7 heteroatoms. The van der Waals surface area contributed by atoms with Crippen LogP contribution >= 0.6 is 0 Å². The lowest BCUT2D eigenvalue weighted by Gasteiger charge is -2.46. The minimum Gasteiger partial charge on any atom is -0.331 e. The van der Waals surface area contributed by atoms with Crippen molar-refractivity contribution in [3.8, 4) is 18.2 Å². The van der Waals surface area contributed by atoms with Gasteiger partial charge in [-0.25, -0.2) is 8.78 Å². The highest BCUT2D eigenvalue weighted by molar-refractivity contribution is 6.00. The Morgan fingerprint density at radius 3 is 2.48 bits per heavy atom. The summed E-state index contributed by atoms with van der Waals surface area (Å²) in [4.78, 5) is 1.20. The molecule has 1 saturated carbocycles. The summed E-state index contributed by atoms with van der Waals surface area (Å²) in [6.07, 6.45) is 1.90.